The number of nitrogens with one attached hydrogen (secondary N) is 1. The number of hydrogen-bond acceptors (Lipinski definition) is 3. The normalized spacial score (nSPS) is 22.7. The van der Waals surface area contributed by atoms with Crippen LogP contribution in [0.5, 0.6) is 0 Å². The first-order valence-electron chi connectivity index (χ1n) is 6.99. The molecule has 1 aliphatic heterocycles. The number of hydrogen-bond donors (Lipinski definition) is 1. The first-order valence-corrected chi connectivity index (χ1v) is 7.37. The van der Waals surface area contributed by atoms with Crippen LogP contribution in [0.3, 0.4) is 0 Å². The molecule has 0 spiro atoms. The van der Waals surface area contributed by atoms with Crippen molar-refractivity contribution in [3.63, 3.8) is 0 Å². The van der Waals surface area contributed by atoms with Gasteiger partial charge in [-0.3, -0.25) is 4.79 Å². The van der Waals surface area contributed by atoms with Gasteiger partial charge < -0.3 is 15.0 Å². The van der Waals surface area contributed by atoms with Crippen molar-refractivity contribution >= 4 is 23.2 Å². The van der Waals surface area contributed by atoms with Crippen LogP contribution in [0.15, 0.2) is 18.2 Å². The first kappa shape index (κ1) is 15.1. The Balaban J connectivity index is 2.25. The van der Waals surface area contributed by atoms with Crippen LogP contribution >= 0.6 is 11.6 Å². The molecule has 1 saturated heterocycles. The summed E-state index contributed by atoms with van der Waals surface area (Å²) in [6.07, 6.45) is 0.119. The summed E-state index contributed by atoms with van der Waals surface area (Å²) < 4.78 is 5.67. The van der Waals surface area contributed by atoms with Crippen LogP contribution in [0.2, 0.25) is 5.02 Å². The van der Waals surface area contributed by atoms with E-state index in [0.29, 0.717) is 23.7 Å². The summed E-state index contributed by atoms with van der Waals surface area (Å²) in [7, 11) is 0. The van der Waals surface area contributed by atoms with Crippen molar-refractivity contribution in [2.75, 3.05) is 25.0 Å². The second-order valence-corrected chi connectivity index (χ2v) is 5.62. The number of halogens is 1. The average molecular weight is 297 g/mol. The highest BCUT2D eigenvalue weighted by atomic mass is 35.5. The van der Waals surface area contributed by atoms with E-state index in [1.165, 1.54) is 0 Å². The number of carbonyl (C=O) groups excluding carboxylic acids is 1. The molecule has 0 unspecified atom stereocenters. The average Bonchev–Trinajstić information content (AvgIpc) is 2.39. The Morgan fingerprint density at radius 2 is 2.05 bits per heavy atom. The lowest BCUT2D eigenvalue weighted by atomic mass is 10.1. The molecule has 1 heterocycles. The Bertz CT molecular complexity index is 483. The van der Waals surface area contributed by atoms with Crippen LogP contribution in [0, 0.1) is 0 Å². The van der Waals surface area contributed by atoms with Crippen LogP contribution in [0.4, 0.5) is 5.69 Å². The minimum atomic E-state index is 0.00505. The van der Waals surface area contributed by atoms with Crippen LogP contribution in [-0.4, -0.2) is 42.6 Å². The molecule has 1 aliphatic rings. The van der Waals surface area contributed by atoms with Crippen molar-refractivity contribution in [3.05, 3.63) is 28.8 Å². The maximum Gasteiger partial charge on any atom is 0.256 e. The molecule has 110 valence electrons. The van der Waals surface area contributed by atoms with E-state index in [2.05, 4.69) is 5.32 Å². The number of ether oxygens (including phenoxy) is 1. The number of morpholine rings is 1. The molecule has 1 fully saturated rings. The summed E-state index contributed by atoms with van der Waals surface area (Å²) in [5.41, 5.74) is 1.45. The van der Waals surface area contributed by atoms with Gasteiger partial charge in [-0.05, 0) is 39.0 Å². The fourth-order valence-electron chi connectivity index (χ4n) is 2.55. The fraction of sp³-hybridized carbons (Fsp3) is 0.533. The molecule has 1 N–H and O–H groups in total. The third kappa shape index (κ3) is 3.44. The van der Waals surface area contributed by atoms with E-state index in [-0.39, 0.29) is 18.1 Å². The van der Waals surface area contributed by atoms with E-state index in [9.17, 15) is 4.79 Å². The second kappa shape index (κ2) is 6.46. The molecule has 4 nitrogen and oxygen atoms in total. The molecule has 0 aliphatic carbocycles. The predicted molar refractivity (Wildman–Crippen MR) is 81.5 cm³/mol. The monoisotopic (exact) mass is 296 g/mol. The van der Waals surface area contributed by atoms with Crippen LogP contribution < -0.4 is 5.32 Å². The van der Waals surface area contributed by atoms with Gasteiger partial charge in [0.1, 0.15) is 0 Å². The summed E-state index contributed by atoms with van der Waals surface area (Å²) in [6.45, 7) is 7.96. The number of amides is 1. The van der Waals surface area contributed by atoms with E-state index >= 15 is 0 Å². The van der Waals surface area contributed by atoms with Gasteiger partial charge >= 0.3 is 0 Å². The number of rotatable bonds is 3. The summed E-state index contributed by atoms with van der Waals surface area (Å²) >= 11 is 6.03. The SMILES string of the molecule is CCNc1ccc(Cl)cc1C(=O)N1C[C@@H](C)O[C@@H](C)C1. The Labute approximate surface area is 125 Å². The summed E-state index contributed by atoms with van der Waals surface area (Å²) in [6, 6.07) is 5.37. The molecule has 0 bridgehead atoms. The van der Waals surface area contributed by atoms with Gasteiger partial charge in [-0.1, -0.05) is 11.6 Å². The molecule has 20 heavy (non-hydrogen) atoms. The van der Waals surface area contributed by atoms with Gasteiger partial charge in [0.25, 0.3) is 5.91 Å². The molecule has 1 aromatic rings. The lowest BCUT2D eigenvalue weighted by Crippen LogP contribution is -2.48. The molecule has 1 aromatic carbocycles. The van der Waals surface area contributed by atoms with Crippen molar-refractivity contribution in [1.82, 2.24) is 4.90 Å². The van der Waals surface area contributed by atoms with Gasteiger partial charge in [0.15, 0.2) is 0 Å². The Morgan fingerprint density at radius 3 is 2.65 bits per heavy atom. The van der Waals surface area contributed by atoms with Gasteiger partial charge in [-0.2, -0.15) is 0 Å². The zero-order chi connectivity index (χ0) is 14.7. The summed E-state index contributed by atoms with van der Waals surface area (Å²) in [4.78, 5) is 14.5. The predicted octanol–water partition coefficient (Wildman–Crippen LogP) is 3.02. The zero-order valence-electron chi connectivity index (χ0n) is 12.1. The minimum Gasteiger partial charge on any atom is -0.385 e. The highest BCUT2D eigenvalue weighted by Gasteiger charge is 2.27. The maximum atomic E-state index is 12.7. The van der Waals surface area contributed by atoms with E-state index in [0.717, 1.165) is 12.2 Å². The molecular weight excluding hydrogens is 276 g/mol. The molecule has 2 atom stereocenters. The summed E-state index contributed by atoms with van der Waals surface area (Å²) in [5.74, 6) is 0.00505. The Hall–Kier alpha value is -1.26. The topological polar surface area (TPSA) is 41.6 Å². The number of anilines is 1. The number of carbonyl (C=O) groups is 1. The largest absolute Gasteiger partial charge is 0.385 e. The standard InChI is InChI=1S/C15H21ClN2O2/c1-4-17-14-6-5-12(16)7-13(14)15(19)18-8-10(2)20-11(3)9-18/h5-7,10-11,17H,4,8-9H2,1-3H3/t10-,11+. The smallest absolute Gasteiger partial charge is 0.256 e. The van der Waals surface area contributed by atoms with Crippen molar-refractivity contribution in [3.8, 4) is 0 Å². The van der Waals surface area contributed by atoms with Crippen LogP contribution in [0.1, 0.15) is 31.1 Å². The van der Waals surface area contributed by atoms with Gasteiger partial charge in [-0.15, -0.1) is 0 Å². The van der Waals surface area contributed by atoms with Crippen LogP contribution in [-0.2, 0) is 4.74 Å². The molecule has 5 heteroatoms. The van der Waals surface area contributed by atoms with Gasteiger partial charge in [0, 0.05) is 30.3 Å². The lowest BCUT2D eigenvalue weighted by Gasteiger charge is -2.35. The Kier molecular flexibility index (Phi) is 4.89. The Morgan fingerprint density at radius 1 is 1.40 bits per heavy atom. The van der Waals surface area contributed by atoms with Crippen molar-refractivity contribution in [1.29, 1.82) is 0 Å². The second-order valence-electron chi connectivity index (χ2n) is 5.19. The minimum absolute atomic E-state index is 0.00505. The molecule has 1 amide bonds. The van der Waals surface area contributed by atoms with Crippen molar-refractivity contribution < 1.29 is 9.53 Å². The van der Waals surface area contributed by atoms with Gasteiger partial charge in [-0.25, -0.2) is 0 Å². The third-order valence-electron chi connectivity index (χ3n) is 3.29. The molecule has 2 rings (SSSR count). The fourth-order valence-corrected chi connectivity index (χ4v) is 2.72. The molecular formula is C15H21ClN2O2. The lowest BCUT2D eigenvalue weighted by molar-refractivity contribution is -0.0585. The zero-order valence-corrected chi connectivity index (χ0v) is 12.9. The van der Waals surface area contributed by atoms with Crippen molar-refractivity contribution in [2.24, 2.45) is 0 Å². The third-order valence-corrected chi connectivity index (χ3v) is 3.52. The van der Waals surface area contributed by atoms with Crippen LogP contribution in [0.25, 0.3) is 0 Å². The van der Waals surface area contributed by atoms with E-state index in [4.69, 9.17) is 16.3 Å². The highest BCUT2D eigenvalue weighted by Crippen LogP contribution is 2.24. The maximum absolute atomic E-state index is 12.7. The highest BCUT2D eigenvalue weighted by molar-refractivity contribution is 6.31. The van der Waals surface area contributed by atoms with Gasteiger partial charge in [0.2, 0.25) is 0 Å². The number of benzene rings is 1. The van der Waals surface area contributed by atoms with E-state index < -0.39 is 0 Å². The molecule has 0 aromatic heterocycles. The number of nitrogens with zero attached hydrogens (tertiary/aromatic N) is 1. The summed E-state index contributed by atoms with van der Waals surface area (Å²) in [5, 5.41) is 3.78. The van der Waals surface area contributed by atoms with Crippen molar-refractivity contribution in [2.45, 2.75) is 33.0 Å². The van der Waals surface area contributed by atoms with E-state index in [1.54, 1.807) is 12.1 Å². The molecule has 0 radical (unpaired) electrons. The van der Waals surface area contributed by atoms with E-state index in [1.807, 2.05) is 31.7 Å². The first-order chi connectivity index (χ1) is 9.51. The molecule has 0 saturated carbocycles. The quantitative estimate of drug-likeness (QED) is 0.932. The van der Waals surface area contributed by atoms with Gasteiger partial charge in [0.05, 0.1) is 17.8 Å².